The van der Waals surface area contributed by atoms with Crippen molar-refractivity contribution in [3.63, 3.8) is 0 Å². The van der Waals surface area contributed by atoms with E-state index in [1.54, 1.807) is 14.0 Å². The number of nitrogens with zero attached hydrogens (tertiary/aromatic N) is 2. The molecule has 4 rings (SSSR count). The molecule has 1 N–H and O–H groups in total. The number of aromatic nitrogens is 1. The summed E-state index contributed by atoms with van der Waals surface area (Å²) < 4.78 is 16.3. The van der Waals surface area contributed by atoms with Crippen LogP contribution in [0.25, 0.3) is 10.9 Å². The molecule has 0 unspecified atom stereocenters. The zero-order valence-electron chi connectivity index (χ0n) is 16.1. The average Bonchev–Trinajstić information content (AvgIpc) is 3.14. The van der Waals surface area contributed by atoms with Crippen LogP contribution in [0.1, 0.15) is 18.2 Å². The Morgan fingerprint density at radius 3 is 2.79 bits per heavy atom. The lowest BCUT2D eigenvalue weighted by Gasteiger charge is -2.24. The Kier molecular flexibility index (Phi) is 5.32. The van der Waals surface area contributed by atoms with E-state index in [0.717, 1.165) is 39.4 Å². The smallest absolute Gasteiger partial charge is 0.231 e. The fraction of sp³-hybridized carbons (Fsp3) is 0.318. The lowest BCUT2D eigenvalue weighted by Crippen LogP contribution is -2.30. The first-order chi connectivity index (χ1) is 13.6. The monoisotopic (exact) mass is 380 g/mol. The molecule has 28 heavy (non-hydrogen) atoms. The third kappa shape index (κ3) is 4.03. The highest BCUT2D eigenvalue weighted by Crippen LogP contribution is 2.33. The molecule has 146 valence electrons. The molecular weight excluding hydrogens is 356 g/mol. The number of aliphatic hydroxyl groups excluding tert-OH is 1. The number of benzene rings is 2. The zero-order valence-corrected chi connectivity index (χ0v) is 16.1. The van der Waals surface area contributed by atoms with Gasteiger partial charge in [0.05, 0.1) is 18.9 Å². The largest absolute Gasteiger partial charge is 0.494 e. The Hall–Kier alpha value is -2.83. The number of rotatable bonds is 7. The van der Waals surface area contributed by atoms with Crippen LogP contribution in [-0.2, 0) is 13.1 Å². The van der Waals surface area contributed by atoms with E-state index in [0.29, 0.717) is 19.6 Å². The van der Waals surface area contributed by atoms with Gasteiger partial charge in [-0.3, -0.25) is 4.90 Å². The van der Waals surface area contributed by atoms with Crippen LogP contribution in [0, 0.1) is 0 Å². The van der Waals surface area contributed by atoms with Crippen LogP contribution in [0.5, 0.6) is 17.2 Å². The topological polar surface area (TPSA) is 64.1 Å². The summed E-state index contributed by atoms with van der Waals surface area (Å²) in [6.07, 6.45) is -0.441. The molecule has 2 aromatic carbocycles. The summed E-state index contributed by atoms with van der Waals surface area (Å²) in [5.74, 6) is 2.30. The molecule has 0 fully saturated rings. The minimum Gasteiger partial charge on any atom is -0.494 e. The van der Waals surface area contributed by atoms with Gasteiger partial charge in [0, 0.05) is 25.0 Å². The molecule has 0 saturated heterocycles. The van der Waals surface area contributed by atoms with E-state index in [4.69, 9.17) is 19.2 Å². The van der Waals surface area contributed by atoms with Crippen LogP contribution in [0.3, 0.4) is 0 Å². The predicted octanol–water partition coefficient (Wildman–Crippen LogP) is 3.36. The van der Waals surface area contributed by atoms with Crippen molar-refractivity contribution < 1.29 is 19.3 Å². The summed E-state index contributed by atoms with van der Waals surface area (Å²) in [7, 11) is 1.66. The lowest BCUT2D eigenvalue weighted by atomic mass is 10.1. The van der Waals surface area contributed by atoms with Gasteiger partial charge in [-0.05, 0) is 36.8 Å². The first kappa shape index (κ1) is 18.5. The van der Waals surface area contributed by atoms with Crippen molar-refractivity contribution in [2.75, 3.05) is 20.4 Å². The van der Waals surface area contributed by atoms with Gasteiger partial charge in [0.2, 0.25) is 6.79 Å². The second-order valence-electron chi connectivity index (χ2n) is 7.04. The third-order valence-electron chi connectivity index (χ3n) is 4.71. The summed E-state index contributed by atoms with van der Waals surface area (Å²) in [5, 5.41) is 11.0. The predicted molar refractivity (Wildman–Crippen MR) is 107 cm³/mol. The molecule has 1 atom stereocenters. The molecule has 0 saturated carbocycles. The van der Waals surface area contributed by atoms with E-state index < -0.39 is 6.10 Å². The highest BCUT2D eigenvalue weighted by Gasteiger charge is 2.16. The number of methoxy groups -OCH3 is 1. The molecule has 0 aliphatic carbocycles. The molecule has 1 aliphatic rings. The van der Waals surface area contributed by atoms with Crippen molar-refractivity contribution in [1.29, 1.82) is 0 Å². The van der Waals surface area contributed by atoms with Crippen LogP contribution >= 0.6 is 0 Å². The lowest BCUT2D eigenvalue weighted by molar-refractivity contribution is 0.117. The Labute approximate surface area is 164 Å². The number of hydrogen-bond acceptors (Lipinski definition) is 6. The molecule has 3 aromatic rings. The number of hydrogen-bond donors (Lipinski definition) is 1. The van der Waals surface area contributed by atoms with Gasteiger partial charge in [-0.2, -0.15) is 0 Å². The quantitative estimate of drug-likeness (QED) is 0.678. The number of ether oxygens (including phenoxy) is 3. The molecule has 2 heterocycles. The van der Waals surface area contributed by atoms with Gasteiger partial charge in [-0.1, -0.05) is 24.3 Å². The van der Waals surface area contributed by atoms with E-state index in [2.05, 4.69) is 11.0 Å². The van der Waals surface area contributed by atoms with E-state index in [1.807, 2.05) is 42.5 Å². The van der Waals surface area contributed by atoms with Gasteiger partial charge in [-0.15, -0.1) is 0 Å². The first-order valence-corrected chi connectivity index (χ1v) is 9.34. The van der Waals surface area contributed by atoms with E-state index in [1.165, 1.54) is 0 Å². The van der Waals surface area contributed by atoms with Crippen LogP contribution in [-0.4, -0.2) is 41.5 Å². The third-order valence-corrected chi connectivity index (χ3v) is 4.71. The van der Waals surface area contributed by atoms with Crippen LogP contribution in [0.2, 0.25) is 0 Å². The minimum absolute atomic E-state index is 0.263. The Bertz CT molecular complexity index is 974. The second-order valence-corrected chi connectivity index (χ2v) is 7.04. The van der Waals surface area contributed by atoms with Crippen molar-refractivity contribution >= 4 is 10.9 Å². The number of pyridine rings is 1. The van der Waals surface area contributed by atoms with Gasteiger partial charge in [0.1, 0.15) is 11.3 Å². The summed E-state index contributed by atoms with van der Waals surface area (Å²) >= 11 is 0. The van der Waals surface area contributed by atoms with Crippen LogP contribution in [0.4, 0.5) is 0 Å². The minimum atomic E-state index is -0.441. The van der Waals surface area contributed by atoms with Crippen molar-refractivity contribution in [3.05, 3.63) is 59.8 Å². The molecule has 1 aliphatic heterocycles. The number of aliphatic hydroxyl groups is 1. The van der Waals surface area contributed by atoms with E-state index >= 15 is 0 Å². The Morgan fingerprint density at radius 2 is 1.96 bits per heavy atom. The summed E-state index contributed by atoms with van der Waals surface area (Å²) in [4.78, 5) is 6.97. The molecule has 1 aromatic heterocycles. The van der Waals surface area contributed by atoms with Crippen LogP contribution < -0.4 is 14.2 Å². The average molecular weight is 380 g/mol. The van der Waals surface area contributed by atoms with Crippen molar-refractivity contribution in [3.8, 4) is 17.2 Å². The van der Waals surface area contributed by atoms with Crippen molar-refractivity contribution in [2.45, 2.75) is 26.1 Å². The standard InChI is InChI=1S/C22H24N2O4/c1-15(25)11-24(12-16-6-9-19-21(10-16)28-14-27-19)13-18-8-7-17-4-3-5-20(26-2)22(17)23-18/h3-10,15,25H,11-14H2,1-2H3/t15-/m1/s1. The molecular formula is C22H24N2O4. The fourth-order valence-electron chi connectivity index (χ4n) is 3.50. The maximum Gasteiger partial charge on any atom is 0.231 e. The summed E-state index contributed by atoms with van der Waals surface area (Å²) in [6, 6.07) is 15.9. The summed E-state index contributed by atoms with van der Waals surface area (Å²) in [5.41, 5.74) is 2.88. The van der Waals surface area contributed by atoms with E-state index in [9.17, 15) is 5.11 Å². The zero-order chi connectivity index (χ0) is 19.5. The highest BCUT2D eigenvalue weighted by atomic mass is 16.7. The fourth-order valence-corrected chi connectivity index (χ4v) is 3.50. The maximum atomic E-state index is 9.96. The van der Waals surface area contributed by atoms with Crippen molar-refractivity contribution in [1.82, 2.24) is 9.88 Å². The number of fused-ring (bicyclic) bond motifs is 2. The second kappa shape index (κ2) is 8.04. The molecule has 0 amide bonds. The van der Waals surface area contributed by atoms with E-state index in [-0.39, 0.29) is 6.79 Å². The van der Waals surface area contributed by atoms with Crippen LogP contribution in [0.15, 0.2) is 48.5 Å². The highest BCUT2D eigenvalue weighted by molar-refractivity contribution is 5.84. The van der Waals surface area contributed by atoms with Gasteiger partial charge >= 0.3 is 0 Å². The van der Waals surface area contributed by atoms with Gasteiger partial charge in [-0.25, -0.2) is 4.98 Å². The van der Waals surface area contributed by atoms with Gasteiger partial charge in [0.15, 0.2) is 11.5 Å². The number of para-hydroxylation sites is 1. The maximum absolute atomic E-state index is 9.96. The SMILES string of the molecule is COc1cccc2ccc(CN(Cc3ccc4c(c3)OCO4)C[C@@H](C)O)nc12. The molecule has 6 heteroatoms. The normalized spacial score (nSPS) is 13.9. The Morgan fingerprint density at radius 1 is 1.11 bits per heavy atom. The summed E-state index contributed by atoms with van der Waals surface area (Å²) in [6.45, 7) is 3.89. The molecule has 6 nitrogen and oxygen atoms in total. The molecule has 0 radical (unpaired) electrons. The van der Waals surface area contributed by atoms with Gasteiger partial charge < -0.3 is 19.3 Å². The van der Waals surface area contributed by atoms with Crippen molar-refractivity contribution in [2.24, 2.45) is 0 Å². The Balaban J connectivity index is 1.57. The van der Waals surface area contributed by atoms with Gasteiger partial charge in [0.25, 0.3) is 0 Å². The molecule has 0 spiro atoms. The first-order valence-electron chi connectivity index (χ1n) is 9.34. The molecule has 0 bridgehead atoms.